The quantitative estimate of drug-likeness (QED) is 0.703. The highest BCUT2D eigenvalue weighted by Crippen LogP contribution is 2.35. The lowest BCUT2D eigenvalue weighted by atomic mass is 9.79. The van der Waals surface area contributed by atoms with E-state index in [9.17, 15) is 0 Å². The minimum atomic E-state index is 0.477. The van der Waals surface area contributed by atoms with E-state index in [0.29, 0.717) is 5.41 Å². The molecule has 1 N–H and O–H groups in total. The Hall–Kier alpha value is -0.120. The molecule has 0 aromatic heterocycles. The second-order valence-electron chi connectivity index (χ2n) is 7.45. The zero-order valence-electron chi connectivity index (χ0n) is 13.2. The first-order valence-corrected chi connectivity index (χ1v) is 8.83. The van der Waals surface area contributed by atoms with Gasteiger partial charge in [-0.25, -0.2) is 0 Å². The maximum atomic E-state index is 5.64. The molecule has 2 saturated carbocycles. The van der Waals surface area contributed by atoms with Crippen LogP contribution in [-0.2, 0) is 4.74 Å². The average Bonchev–Trinajstić information content (AvgIpc) is 3.33. The van der Waals surface area contributed by atoms with Gasteiger partial charge in [0.15, 0.2) is 0 Å². The summed E-state index contributed by atoms with van der Waals surface area (Å²) in [5.74, 6) is 1.01. The Morgan fingerprint density at radius 2 is 1.90 bits per heavy atom. The molecule has 1 aliphatic heterocycles. The number of rotatable bonds is 9. The third kappa shape index (κ3) is 4.44. The van der Waals surface area contributed by atoms with Gasteiger partial charge in [-0.3, -0.25) is 0 Å². The van der Waals surface area contributed by atoms with Gasteiger partial charge in [0.25, 0.3) is 0 Å². The van der Waals surface area contributed by atoms with E-state index in [-0.39, 0.29) is 0 Å². The van der Waals surface area contributed by atoms with Gasteiger partial charge in [0.2, 0.25) is 0 Å². The summed E-state index contributed by atoms with van der Waals surface area (Å²) >= 11 is 0. The first-order chi connectivity index (χ1) is 9.80. The Kier molecular flexibility index (Phi) is 5.00. The largest absolute Gasteiger partial charge is 0.381 e. The van der Waals surface area contributed by atoms with Gasteiger partial charge in [-0.2, -0.15) is 0 Å². The van der Waals surface area contributed by atoms with Crippen molar-refractivity contribution >= 4 is 0 Å². The Morgan fingerprint density at radius 1 is 1.15 bits per heavy atom. The summed E-state index contributed by atoms with van der Waals surface area (Å²) in [6, 6.07) is 0.831. The highest BCUT2D eigenvalue weighted by atomic mass is 16.5. The van der Waals surface area contributed by atoms with Crippen molar-refractivity contribution in [2.24, 2.45) is 11.3 Å². The highest BCUT2D eigenvalue weighted by molar-refractivity contribution is 4.92. The van der Waals surface area contributed by atoms with Crippen molar-refractivity contribution in [3.63, 3.8) is 0 Å². The van der Waals surface area contributed by atoms with Crippen LogP contribution >= 0.6 is 0 Å². The monoisotopic (exact) mass is 280 g/mol. The van der Waals surface area contributed by atoms with Crippen LogP contribution in [0.1, 0.15) is 51.9 Å². The zero-order chi connectivity index (χ0) is 13.8. The molecule has 2 aliphatic carbocycles. The van der Waals surface area contributed by atoms with Crippen molar-refractivity contribution in [2.75, 3.05) is 39.4 Å². The van der Waals surface area contributed by atoms with Gasteiger partial charge in [0.05, 0.1) is 0 Å². The van der Waals surface area contributed by atoms with Gasteiger partial charge in [-0.05, 0) is 62.8 Å². The molecule has 3 rings (SSSR count). The maximum Gasteiger partial charge on any atom is 0.0472 e. The van der Waals surface area contributed by atoms with E-state index < -0.39 is 0 Å². The van der Waals surface area contributed by atoms with E-state index in [0.717, 1.165) is 25.2 Å². The normalized spacial score (nSPS) is 26.1. The number of nitrogens with one attached hydrogen (secondary N) is 1. The van der Waals surface area contributed by atoms with E-state index in [1.54, 1.807) is 0 Å². The van der Waals surface area contributed by atoms with Crippen molar-refractivity contribution in [1.82, 2.24) is 10.2 Å². The molecule has 3 aliphatic rings. The minimum absolute atomic E-state index is 0.477. The van der Waals surface area contributed by atoms with E-state index >= 15 is 0 Å². The summed E-state index contributed by atoms with van der Waals surface area (Å²) in [5.41, 5.74) is 0.477. The van der Waals surface area contributed by atoms with E-state index in [1.165, 1.54) is 71.1 Å². The molecule has 0 amide bonds. The van der Waals surface area contributed by atoms with Crippen LogP contribution in [0.25, 0.3) is 0 Å². The third-order valence-electron chi connectivity index (χ3n) is 5.21. The number of ether oxygens (including phenoxy) is 1. The predicted molar refractivity (Wildman–Crippen MR) is 83.0 cm³/mol. The molecule has 0 atom stereocenters. The lowest BCUT2D eigenvalue weighted by Crippen LogP contribution is -2.48. The van der Waals surface area contributed by atoms with Gasteiger partial charge < -0.3 is 15.0 Å². The predicted octanol–water partition coefficient (Wildman–Crippen LogP) is 2.66. The zero-order valence-corrected chi connectivity index (χ0v) is 13.2. The molecule has 3 fully saturated rings. The highest BCUT2D eigenvalue weighted by Gasteiger charge is 2.37. The lowest BCUT2D eigenvalue weighted by molar-refractivity contribution is -0.00530. The molecule has 0 radical (unpaired) electrons. The summed E-state index contributed by atoms with van der Waals surface area (Å²) in [4.78, 5) is 2.76. The molecule has 1 saturated heterocycles. The van der Waals surface area contributed by atoms with E-state index in [1.807, 2.05) is 0 Å². The van der Waals surface area contributed by atoms with Crippen molar-refractivity contribution < 1.29 is 4.74 Å². The standard InChI is InChI=1S/C17H32N2O/c1-2-9-19(12-15-3-4-15)14-17(7-10-20-11-8-17)13-18-16-5-6-16/h15-16,18H,2-14H2,1H3. The Morgan fingerprint density at radius 3 is 2.50 bits per heavy atom. The second-order valence-corrected chi connectivity index (χ2v) is 7.45. The van der Waals surface area contributed by atoms with Gasteiger partial charge >= 0.3 is 0 Å². The van der Waals surface area contributed by atoms with E-state index in [4.69, 9.17) is 4.74 Å². The van der Waals surface area contributed by atoms with Crippen LogP contribution in [-0.4, -0.2) is 50.3 Å². The van der Waals surface area contributed by atoms with Gasteiger partial charge in [-0.15, -0.1) is 0 Å². The molecular formula is C17H32N2O. The SMILES string of the molecule is CCCN(CC1CC1)CC1(CNC2CC2)CCOCC1. The Bertz CT molecular complexity index is 293. The molecule has 0 bridgehead atoms. The summed E-state index contributed by atoms with van der Waals surface area (Å²) in [6.07, 6.45) is 9.51. The average molecular weight is 280 g/mol. The van der Waals surface area contributed by atoms with Crippen LogP contribution in [0.3, 0.4) is 0 Å². The van der Waals surface area contributed by atoms with Crippen LogP contribution in [0, 0.1) is 11.3 Å². The van der Waals surface area contributed by atoms with Crippen molar-refractivity contribution in [3.8, 4) is 0 Å². The van der Waals surface area contributed by atoms with E-state index in [2.05, 4.69) is 17.1 Å². The molecule has 0 aromatic rings. The topological polar surface area (TPSA) is 24.5 Å². The van der Waals surface area contributed by atoms with Gasteiger partial charge in [-0.1, -0.05) is 6.92 Å². The number of nitrogens with zero attached hydrogens (tertiary/aromatic N) is 1. The fourth-order valence-corrected chi connectivity index (χ4v) is 3.53. The molecule has 0 aromatic carbocycles. The van der Waals surface area contributed by atoms with Crippen LogP contribution < -0.4 is 5.32 Å². The summed E-state index contributed by atoms with van der Waals surface area (Å²) in [7, 11) is 0. The molecule has 1 heterocycles. The summed E-state index contributed by atoms with van der Waals surface area (Å²) in [5, 5.41) is 3.80. The molecule has 3 nitrogen and oxygen atoms in total. The van der Waals surface area contributed by atoms with Crippen molar-refractivity contribution in [1.29, 1.82) is 0 Å². The minimum Gasteiger partial charge on any atom is -0.381 e. The van der Waals surface area contributed by atoms with Crippen LogP contribution in [0.5, 0.6) is 0 Å². The smallest absolute Gasteiger partial charge is 0.0472 e. The molecule has 0 unspecified atom stereocenters. The molecule has 0 spiro atoms. The van der Waals surface area contributed by atoms with Crippen LogP contribution in [0.2, 0.25) is 0 Å². The Balaban J connectivity index is 1.56. The van der Waals surface area contributed by atoms with Crippen LogP contribution in [0.4, 0.5) is 0 Å². The third-order valence-corrected chi connectivity index (χ3v) is 5.21. The molecule has 3 heteroatoms. The number of hydrogen-bond donors (Lipinski definition) is 1. The second kappa shape index (κ2) is 6.76. The Labute approximate surface area is 124 Å². The van der Waals surface area contributed by atoms with Gasteiger partial charge in [0.1, 0.15) is 0 Å². The molecule has 116 valence electrons. The summed E-state index contributed by atoms with van der Waals surface area (Å²) in [6.45, 7) is 9.39. The first-order valence-electron chi connectivity index (χ1n) is 8.83. The summed E-state index contributed by atoms with van der Waals surface area (Å²) < 4.78 is 5.64. The lowest BCUT2D eigenvalue weighted by Gasteiger charge is -2.41. The number of hydrogen-bond acceptors (Lipinski definition) is 3. The van der Waals surface area contributed by atoms with Crippen molar-refractivity contribution in [2.45, 2.75) is 57.9 Å². The molecule has 20 heavy (non-hydrogen) atoms. The maximum absolute atomic E-state index is 5.64. The molecular weight excluding hydrogens is 248 g/mol. The van der Waals surface area contributed by atoms with Crippen LogP contribution in [0.15, 0.2) is 0 Å². The fraction of sp³-hybridized carbons (Fsp3) is 1.00. The van der Waals surface area contributed by atoms with Gasteiger partial charge in [0, 0.05) is 38.9 Å². The fourth-order valence-electron chi connectivity index (χ4n) is 3.53. The first kappa shape index (κ1) is 14.8. The van der Waals surface area contributed by atoms with Crippen molar-refractivity contribution in [3.05, 3.63) is 0 Å².